The number of aliphatic hydroxyl groups is 1. The van der Waals surface area contributed by atoms with Crippen LogP contribution in [0.2, 0.25) is 0 Å². The summed E-state index contributed by atoms with van der Waals surface area (Å²) >= 11 is 3.17. The van der Waals surface area contributed by atoms with E-state index in [-0.39, 0.29) is 24.7 Å². The first kappa shape index (κ1) is 13.8. The van der Waals surface area contributed by atoms with E-state index >= 15 is 0 Å². The highest BCUT2D eigenvalue weighted by atomic mass is 79.9. The molecule has 0 radical (unpaired) electrons. The molecule has 0 saturated heterocycles. The average Bonchev–Trinajstić information content (AvgIpc) is 2.36. The maximum Gasteiger partial charge on any atom is 0.227 e. The second-order valence-electron chi connectivity index (χ2n) is 3.80. The van der Waals surface area contributed by atoms with Gasteiger partial charge in [0, 0.05) is 10.5 Å². The Labute approximate surface area is 116 Å². The second-order valence-corrected chi connectivity index (χ2v) is 4.72. The van der Waals surface area contributed by atoms with Crippen molar-refractivity contribution in [3.05, 3.63) is 62.4 Å². The van der Waals surface area contributed by atoms with Crippen molar-refractivity contribution < 1.29 is 18.7 Å². The molecule has 0 spiro atoms. The van der Waals surface area contributed by atoms with E-state index in [4.69, 9.17) is 14.3 Å². The molecule has 0 fully saturated rings. The van der Waals surface area contributed by atoms with Crippen LogP contribution < -0.4 is 10.2 Å². The fraction of sp³-hybridized carbons (Fsp3) is 0.154. The Kier molecular flexibility index (Phi) is 4.34. The third-order valence-electron chi connectivity index (χ3n) is 2.32. The summed E-state index contributed by atoms with van der Waals surface area (Å²) in [5.74, 6) is -0.223. The molecule has 0 saturated carbocycles. The molecule has 100 valence electrons. The van der Waals surface area contributed by atoms with Crippen LogP contribution in [0, 0.1) is 5.82 Å². The summed E-state index contributed by atoms with van der Waals surface area (Å²) in [7, 11) is 0. The molecule has 0 aliphatic carbocycles. The van der Waals surface area contributed by atoms with E-state index in [0.717, 1.165) is 12.3 Å². The first-order chi connectivity index (χ1) is 9.08. The van der Waals surface area contributed by atoms with E-state index < -0.39 is 11.2 Å². The summed E-state index contributed by atoms with van der Waals surface area (Å²) in [5, 5.41) is 8.80. The number of benzene rings is 1. The summed E-state index contributed by atoms with van der Waals surface area (Å²) in [4.78, 5) is 11.6. The predicted octanol–water partition coefficient (Wildman–Crippen LogP) is 2.61. The minimum absolute atomic E-state index is 0.0117. The van der Waals surface area contributed by atoms with Crippen LogP contribution in [-0.2, 0) is 13.2 Å². The van der Waals surface area contributed by atoms with Crippen molar-refractivity contribution in [3.63, 3.8) is 0 Å². The fourth-order valence-corrected chi connectivity index (χ4v) is 1.99. The molecule has 4 nitrogen and oxygen atoms in total. The molecule has 0 bridgehead atoms. The van der Waals surface area contributed by atoms with Gasteiger partial charge in [0.25, 0.3) is 0 Å². The minimum atomic E-state index is -0.397. The molecule has 0 atom stereocenters. The highest BCUT2D eigenvalue weighted by Crippen LogP contribution is 2.16. The van der Waals surface area contributed by atoms with E-state index in [2.05, 4.69) is 15.9 Å². The van der Waals surface area contributed by atoms with Crippen molar-refractivity contribution >= 4 is 15.9 Å². The molecular formula is C13H10BrFO4. The van der Waals surface area contributed by atoms with Crippen molar-refractivity contribution in [1.29, 1.82) is 0 Å². The predicted molar refractivity (Wildman–Crippen MR) is 69.3 cm³/mol. The monoisotopic (exact) mass is 328 g/mol. The third-order valence-corrected chi connectivity index (χ3v) is 2.78. The molecule has 1 N–H and O–H groups in total. The lowest BCUT2D eigenvalue weighted by Crippen LogP contribution is -2.08. The van der Waals surface area contributed by atoms with Crippen LogP contribution in [0.1, 0.15) is 11.3 Å². The van der Waals surface area contributed by atoms with Gasteiger partial charge < -0.3 is 14.3 Å². The van der Waals surface area contributed by atoms with Crippen LogP contribution in [0.25, 0.3) is 0 Å². The maximum atomic E-state index is 13.1. The van der Waals surface area contributed by atoms with E-state index in [1.165, 1.54) is 12.1 Å². The largest absolute Gasteiger partial charge is 0.482 e. The van der Waals surface area contributed by atoms with Crippen LogP contribution in [0.15, 0.2) is 44.2 Å². The van der Waals surface area contributed by atoms with Gasteiger partial charge in [-0.3, -0.25) is 4.79 Å². The van der Waals surface area contributed by atoms with Gasteiger partial charge in [0.1, 0.15) is 31.1 Å². The van der Waals surface area contributed by atoms with Gasteiger partial charge in [-0.1, -0.05) is 15.9 Å². The van der Waals surface area contributed by atoms with Crippen LogP contribution in [0.5, 0.6) is 5.75 Å². The Morgan fingerprint density at radius 1 is 1.32 bits per heavy atom. The Morgan fingerprint density at radius 2 is 2.11 bits per heavy atom. The lowest BCUT2D eigenvalue weighted by Gasteiger charge is -2.06. The molecule has 1 heterocycles. The number of ether oxygens (including phenoxy) is 1. The van der Waals surface area contributed by atoms with Gasteiger partial charge in [0.15, 0.2) is 0 Å². The maximum absolute atomic E-state index is 13.1. The molecule has 1 aromatic heterocycles. The summed E-state index contributed by atoms with van der Waals surface area (Å²) in [6, 6.07) is 5.48. The van der Waals surface area contributed by atoms with Crippen molar-refractivity contribution in [3.8, 4) is 5.75 Å². The highest BCUT2D eigenvalue weighted by Gasteiger charge is 2.05. The third kappa shape index (κ3) is 3.65. The molecule has 2 aromatic rings. The minimum Gasteiger partial charge on any atom is -0.482 e. The molecule has 0 aliphatic heterocycles. The van der Waals surface area contributed by atoms with Crippen molar-refractivity contribution in [2.24, 2.45) is 0 Å². The lowest BCUT2D eigenvalue weighted by atomic mass is 10.2. The van der Waals surface area contributed by atoms with E-state index in [0.29, 0.717) is 10.0 Å². The Morgan fingerprint density at radius 3 is 2.74 bits per heavy atom. The number of hydrogen-bond donors (Lipinski definition) is 1. The van der Waals surface area contributed by atoms with E-state index in [1.807, 2.05) is 0 Å². The normalized spacial score (nSPS) is 10.5. The zero-order valence-electron chi connectivity index (χ0n) is 9.73. The van der Waals surface area contributed by atoms with Gasteiger partial charge in [-0.15, -0.1) is 0 Å². The lowest BCUT2D eigenvalue weighted by molar-refractivity contribution is 0.236. The van der Waals surface area contributed by atoms with Crippen molar-refractivity contribution in [2.45, 2.75) is 13.2 Å². The average molecular weight is 329 g/mol. The van der Waals surface area contributed by atoms with Crippen LogP contribution in [0.4, 0.5) is 4.39 Å². The molecule has 6 heteroatoms. The van der Waals surface area contributed by atoms with Crippen LogP contribution >= 0.6 is 15.9 Å². The first-order valence-corrected chi connectivity index (χ1v) is 6.18. The summed E-state index contributed by atoms with van der Waals surface area (Å²) in [6.07, 6.45) is 1.13. The SMILES string of the molecule is O=c1cc(CO)occ1OCc1cc(F)cc(Br)c1. The quantitative estimate of drug-likeness (QED) is 0.937. The zero-order chi connectivity index (χ0) is 13.8. The van der Waals surface area contributed by atoms with Gasteiger partial charge in [-0.2, -0.15) is 0 Å². The number of aliphatic hydroxyl groups excluding tert-OH is 1. The van der Waals surface area contributed by atoms with Crippen molar-refractivity contribution in [1.82, 2.24) is 0 Å². The smallest absolute Gasteiger partial charge is 0.227 e. The van der Waals surface area contributed by atoms with Gasteiger partial charge in [-0.25, -0.2) is 4.39 Å². The molecule has 1 aromatic carbocycles. The van der Waals surface area contributed by atoms with Crippen LogP contribution in [-0.4, -0.2) is 5.11 Å². The fourth-order valence-electron chi connectivity index (χ4n) is 1.48. The molecule has 0 amide bonds. The van der Waals surface area contributed by atoms with E-state index in [9.17, 15) is 9.18 Å². The molecule has 0 aliphatic rings. The first-order valence-electron chi connectivity index (χ1n) is 5.39. The Bertz CT molecular complexity index is 619. The Hall–Kier alpha value is -1.66. The van der Waals surface area contributed by atoms with Crippen LogP contribution in [0.3, 0.4) is 0 Å². The summed E-state index contributed by atoms with van der Waals surface area (Å²) in [6.45, 7) is -0.314. The standard InChI is InChI=1S/C13H10BrFO4/c14-9-1-8(2-10(15)3-9)6-19-13-7-18-11(5-16)4-12(13)17/h1-4,7,16H,5-6H2. The molecule has 2 rings (SSSR count). The topological polar surface area (TPSA) is 59.7 Å². The number of halogens is 2. The summed E-state index contributed by atoms with van der Waals surface area (Å²) < 4.78 is 24.0. The van der Waals surface area contributed by atoms with Gasteiger partial charge >= 0.3 is 0 Å². The Balaban J connectivity index is 2.12. The van der Waals surface area contributed by atoms with Gasteiger partial charge in [0.2, 0.25) is 11.2 Å². The molecule has 0 unspecified atom stereocenters. The second kappa shape index (κ2) is 5.99. The number of hydrogen-bond acceptors (Lipinski definition) is 4. The van der Waals surface area contributed by atoms with Gasteiger partial charge in [0.05, 0.1) is 0 Å². The number of rotatable bonds is 4. The van der Waals surface area contributed by atoms with E-state index in [1.54, 1.807) is 6.07 Å². The van der Waals surface area contributed by atoms with Gasteiger partial charge in [-0.05, 0) is 23.8 Å². The summed E-state index contributed by atoms with van der Waals surface area (Å²) in [5.41, 5.74) is 0.184. The zero-order valence-corrected chi connectivity index (χ0v) is 11.3. The molecule has 19 heavy (non-hydrogen) atoms. The van der Waals surface area contributed by atoms with Crippen molar-refractivity contribution in [2.75, 3.05) is 0 Å². The highest BCUT2D eigenvalue weighted by molar-refractivity contribution is 9.10. The molecular weight excluding hydrogens is 319 g/mol.